The van der Waals surface area contributed by atoms with Gasteiger partial charge in [-0.15, -0.1) is 0 Å². The zero-order chi connectivity index (χ0) is 39.6. The Labute approximate surface area is 350 Å². The van der Waals surface area contributed by atoms with E-state index in [2.05, 4.69) is 229 Å². The van der Waals surface area contributed by atoms with Gasteiger partial charge in [0.1, 0.15) is 0 Å². The van der Waals surface area contributed by atoms with Crippen LogP contribution < -0.4 is 4.90 Å². The molecule has 0 unspecified atom stereocenters. The van der Waals surface area contributed by atoms with Crippen LogP contribution in [0.15, 0.2) is 224 Å². The largest absolute Gasteiger partial charge is 0.309 e. The minimum Gasteiger partial charge on any atom is -0.309 e. The normalized spacial score (nSPS) is 12.2. The topological polar surface area (TPSA) is 3.24 Å². The van der Waals surface area contributed by atoms with E-state index in [-0.39, 0.29) is 0 Å². The number of benzene rings is 11. The lowest BCUT2D eigenvalue weighted by molar-refractivity contribution is 1.09. The van der Waals surface area contributed by atoms with Gasteiger partial charge in [0, 0.05) is 28.6 Å². The second kappa shape index (κ2) is 14.0. The van der Waals surface area contributed by atoms with Gasteiger partial charge in [0.25, 0.3) is 0 Å². The average molecular weight is 762 g/mol. The van der Waals surface area contributed by atoms with Gasteiger partial charge in [-0.2, -0.15) is 0 Å². The monoisotopic (exact) mass is 761 g/mol. The molecule has 0 spiro atoms. The number of nitrogens with zero attached hydrogens (tertiary/aromatic N) is 1. The minimum atomic E-state index is 0.927. The van der Waals surface area contributed by atoms with E-state index in [4.69, 9.17) is 0 Å². The highest BCUT2D eigenvalue weighted by Gasteiger charge is 2.28. The molecule has 0 saturated heterocycles. The number of fused-ring (bicyclic) bond motifs is 6. The summed E-state index contributed by atoms with van der Waals surface area (Å²) in [4.78, 5) is 2.52. The van der Waals surface area contributed by atoms with Crippen LogP contribution in [0.3, 0.4) is 0 Å². The predicted octanol–water partition coefficient (Wildman–Crippen LogP) is 16.3. The molecule has 0 saturated carbocycles. The van der Waals surface area contributed by atoms with Crippen LogP contribution in [0.5, 0.6) is 0 Å². The highest BCUT2D eigenvalue weighted by Crippen LogP contribution is 2.52. The van der Waals surface area contributed by atoms with Gasteiger partial charge in [0.15, 0.2) is 0 Å². The van der Waals surface area contributed by atoms with Gasteiger partial charge in [-0.3, -0.25) is 0 Å². The molecule has 0 fully saturated rings. The number of hydrogen-bond acceptors (Lipinski definition) is 1. The summed E-state index contributed by atoms with van der Waals surface area (Å²) in [5.41, 5.74) is 16.3. The Morgan fingerprint density at radius 1 is 0.250 bits per heavy atom. The van der Waals surface area contributed by atoms with Gasteiger partial charge in [-0.1, -0.05) is 206 Å². The summed E-state index contributed by atoms with van der Waals surface area (Å²) in [6, 6.07) is 82.8. The average Bonchev–Trinajstić information content (AvgIpc) is 3.32. The Kier molecular flexibility index (Phi) is 7.99. The van der Waals surface area contributed by atoms with Crippen LogP contribution >= 0.6 is 0 Å². The van der Waals surface area contributed by atoms with E-state index in [0.29, 0.717) is 0 Å². The van der Waals surface area contributed by atoms with Crippen molar-refractivity contribution in [1.82, 2.24) is 0 Å². The third-order valence-corrected chi connectivity index (χ3v) is 12.6. The molecule has 12 rings (SSSR count). The highest BCUT2D eigenvalue weighted by atomic mass is 15.2. The Hall–Kier alpha value is -7.74. The van der Waals surface area contributed by atoms with E-state index in [1.165, 1.54) is 116 Å². The maximum absolute atomic E-state index is 2.52. The van der Waals surface area contributed by atoms with Crippen LogP contribution in [0.4, 0.5) is 17.1 Å². The lowest BCUT2D eigenvalue weighted by Crippen LogP contribution is -2.19. The summed E-state index contributed by atoms with van der Waals surface area (Å²) in [6.07, 6.45) is 0.927. The molecule has 11 aromatic carbocycles. The second-order valence-corrected chi connectivity index (χ2v) is 15.9. The first-order valence-electron chi connectivity index (χ1n) is 20.9. The van der Waals surface area contributed by atoms with Crippen molar-refractivity contribution in [3.8, 4) is 44.5 Å². The molecule has 0 bridgehead atoms. The zero-order valence-electron chi connectivity index (χ0n) is 33.0. The van der Waals surface area contributed by atoms with Gasteiger partial charge in [0.2, 0.25) is 0 Å². The SMILES string of the molecule is c1ccc(-c2ccc3c(-c4ccc(-c5c6ccccc6c(N6c7ccccc7Cc7ccccc76)c6ccccc56)cc4)c4ccccc4c(-c4ccccc4)c3c2)cc1. The van der Waals surface area contributed by atoms with Crippen molar-refractivity contribution in [2.45, 2.75) is 6.42 Å². The number of rotatable bonds is 5. The number of anilines is 3. The smallest absolute Gasteiger partial charge is 0.0619 e. The Bertz CT molecular complexity index is 3330. The van der Waals surface area contributed by atoms with Crippen molar-refractivity contribution in [3.63, 3.8) is 0 Å². The maximum Gasteiger partial charge on any atom is 0.0619 e. The van der Waals surface area contributed by atoms with E-state index in [1.54, 1.807) is 0 Å². The molecule has 1 aliphatic heterocycles. The van der Waals surface area contributed by atoms with Crippen molar-refractivity contribution in [1.29, 1.82) is 0 Å². The highest BCUT2D eigenvalue weighted by molar-refractivity contribution is 6.24. The zero-order valence-corrected chi connectivity index (χ0v) is 33.0. The van der Waals surface area contributed by atoms with Crippen molar-refractivity contribution < 1.29 is 0 Å². The molecule has 1 heteroatoms. The predicted molar refractivity (Wildman–Crippen MR) is 256 cm³/mol. The van der Waals surface area contributed by atoms with Gasteiger partial charge < -0.3 is 4.90 Å². The molecule has 0 N–H and O–H groups in total. The molecule has 0 radical (unpaired) electrons. The Morgan fingerprint density at radius 2 is 0.600 bits per heavy atom. The summed E-state index contributed by atoms with van der Waals surface area (Å²) in [5, 5.41) is 10.00. The van der Waals surface area contributed by atoms with Crippen molar-refractivity contribution in [3.05, 3.63) is 236 Å². The van der Waals surface area contributed by atoms with Crippen molar-refractivity contribution >= 4 is 60.2 Å². The first-order chi connectivity index (χ1) is 29.8. The fourth-order valence-corrected chi connectivity index (χ4v) is 10.0. The standard InChI is InChI=1S/C59H39N/c1-3-17-39(18-4-1)43-35-36-50-53(38-43)58(40-19-5-2-6-20-40)47-24-10-9-23-46(47)56(50)41-31-33-42(34-32-41)57-48-25-11-13-27-51(48)59(52-28-14-12-26-49(52)57)60-54-29-15-7-21-44(54)37-45-22-8-16-30-55(45)60/h1-36,38H,37H2. The molecular formula is C59H39N. The number of para-hydroxylation sites is 2. The lowest BCUT2D eigenvalue weighted by Gasteiger charge is -2.35. The molecular weight excluding hydrogens is 723 g/mol. The van der Waals surface area contributed by atoms with Crippen LogP contribution in [0.1, 0.15) is 11.1 Å². The van der Waals surface area contributed by atoms with E-state index in [9.17, 15) is 0 Å². The van der Waals surface area contributed by atoms with Crippen LogP contribution in [0.2, 0.25) is 0 Å². The van der Waals surface area contributed by atoms with E-state index >= 15 is 0 Å². The fraction of sp³-hybridized carbons (Fsp3) is 0.0169. The molecule has 1 aliphatic rings. The molecule has 60 heavy (non-hydrogen) atoms. The summed E-state index contributed by atoms with van der Waals surface area (Å²) in [5.74, 6) is 0. The summed E-state index contributed by atoms with van der Waals surface area (Å²) in [6.45, 7) is 0. The molecule has 0 aliphatic carbocycles. The third kappa shape index (κ3) is 5.40. The van der Waals surface area contributed by atoms with Gasteiger partial charge in [-0.05, 0) is 106 Å². The van der Waals surface area contributed by atoms with Crippen LogP contribution in [0.25, 0.3) is 87.6 Å². The maximum atomic E-state index is 2.52. The van der Waals surface area contributed by atoms with E-state index < -0.39 is 0 Å². The Balaban J connectivity index is 1.08. The van der Waals surface area contributed by atoms with Gasteiger partial charge in [0.05, 0.1) is 5.69 Å². The van der Waals surface area contributed by atoms with Crippen LogP contribution in [0, 0.1) is 0 Å². The quantitative estimate of drug-likeness (QED) is 0.158. The Morgan fingerprint density at radius 3 is 1.12 bits per heavy atom. The number of hydrogen-bond donors (Lipinski definition) is 0. The van der Waals surface area contributed by atoms with Gasteiger partial charge >= 0.3 is 0 Å². The summed E-state index contributed by atoms with van der Waals surface area (Å²) >= 11 is 0. The van der Waals surface area contributed by atoms with E-state index in [1.807, 2.05) is 0 Å². The first-order valence-corrected chi connectivity index (χ1v) is 20.9. The van der Waals surface area contributed by atoms with E-state index in [0.717, 1.165) is 6.42 Å². The van der Waals surface area contributed by atoms with Gasteiger partial charge in [-0.25, -0.2) is 0 Å². The molecule has 1 heterocycles. The third-order valence-electron chi connectivity index (χ3n) is 12.6. The molecule has 280 valence electrons. The second-order valence-electron chi connectivity index (χ2n) is 15.9. The lowest BCUT2D eigenvalue weighted by atomic mass is 9.84. The van der Waals surface area contributed by atoms with Crippen LogP contribution in [-0.4, -0.2) is 0 Å². The van der Waals surface area contributed by atoms with Crippen molar-refractivity contribution in [2.75, 3.05) is 4.90 Å². The molecule has 1 nitrogen and oxygen atoms in total. The first kappa shape index (κ1) is 34.3. The minimum absolute atomic E-state index is 0.927. The molecule has 0 amide bonds. The summed E-state index contributed by atoms with van der Waals surface area (Å²) < 4.78 is 0. The molecule has 11 aromatic rings. The fourth-order valence-electron chi connectivity index (χ4n) is 10.0. The molecule has 0 aromatic heterocycles. The van der Waals surface area contributed by atoms with Crippen molar-refractivity contribution in [2.24, 2.45) is 0 Å². The van der Waals surface area contributed by atoms with Crippen LogP contribution in [-0.2, 0) is 6.42 Å². The molecule has 0 atom stereocenters. The summed E-state index contributed by atoms with van der Waals surface area (Å²) in [7, 11) is 0.